The van der Waals surface area contributed by atoms with Gasteiger partial charge in [-0.1, -0.05) is 49.9 Å². The summed E-state index contributed by atoms with van der Waals surface area (Å²) in [6, 6.07) is 6.84. The van der Waals surface area contributed by atoms with E-state index in [1.54, 1.807) is 24.3 Å². The van der Waals surface area contributed by atoms with Gasteiger partial charge in [-0.3, -0.25) is 4.79 Å². The van der Waals surface area contributed by atoms with Gasteiger partial charge in [0, 0.05) is 17.2 Å². The standard InChI is InChI=1S/C16H25N3O2/c1-3-4-5-6-7-12(2)18-16(20)14-10-8-13(9-11-14)15(17)19-21/h8-12,21H,3-7H2,1-2H3,(H2,17,19)(H,18,20). The third kappa shape index (κ3) is 5.85. The van der Waals surface area contributed by atoms with Crippen molar-refractivity contribution in [2.45, 2.75) is 52.0 Å². The summed E-state index contributed by atoms with van der Waals surface area (Å²) in [6.45, 7) is 4.21. The second-order valence-electron chi connectivity index (χ2n) is 5.29. The Labute approximate surface area is 126 Å². The van der Waals surface area contributed by atoms with Gasteiger partial charge in [-0.15, -0.1) is 0 Å². The Hall–Kier alpha value is -2.04. The molecular formula is C16H25N3O2. The van der Waals surface area contributed by atoms with Crippen LogP contribution in [0.1, 0.15) is 61.9 Å². The second-order valence-corrected chi connectivity index (χ2v) is 5.29. The van der Waals surface area contributed by atoms with E-state index in [-0.39, 0.29) is 17.8 Å². The second kappa shape index (κ2) is 9.00. The number of unbranched alkanes of at least 4 members (excludes halogenated alkanes) is 3. The summed E-state index contributed by atoms with van der Waals surface area (Å²) in [5.41, 5.74) is 6.64. The molecule has 0 spiro atoms. The Morgan fingerprint density at radius 1 is 1.24 bits per heavy atom. The molecule has 0 aliphatic heterocycles. The monoisotopic (exact) mass is 291 g/mol. The van der Waals surface area contributed by atoms with Crippen molar-refractivity contribution >= 4 is 11.7 Å². The zero-order chi connectivity index (χ0) is 15.7. The average molecular weight is 291 g/mol. The SMILES string of the molecule is CCCCCCC(C)NC(=O)c1ccc(C(N)=NO)cc1. The first-order chi connectivity index (χ1) is 10.1. The van der Waals surface area contributed by atoms with Gasteiger partial charge >= 0.3 is 0 Å². The summed E-state index contributed by atoms with van der Waals surface area (Å²) in [4.78, 5) is 12.1. The van der Waals surface area contributed by atoms with Crippen molar-refractivity contribution in [3.8, 4) is 0 Å². The summed E-state index contributed by atoms with van der Waals surface area (Å²) in [7, 11) is 0. The number of hydrogen-bond acceptors (Lipinski definition) is 3. The molecule has 0 fully saturated rings. The van der Waals surface area contributed by atoms with E-state index in [1.165, 1.54) is 19.3 Å². The minimum atomic E-state index is -0.0935. The molecule has 1 unspecified atom stereocenters. The highest BCUT2D eigenvalue weighted by atomic mass is 16.4. The van der Waals surface area contributed by atoms with Crippen molar-refractivity contribution < 1.29 is 10.0 Å². The summed E-state index contributed by atoms with van der Waals surface area (Å²) >= 11 is 0. The number of nitrogens with zero attached hydrogens (tertiary/aromatic N) is 1. The molecule has 0 radical (unpaired) electrons. The van der Waals surface area contributed by atoms with E-state index in [2.05, 4.69) is 17.4 Å². The normalized spacial score (nSPS) is 13.0. The summed E-state index contributed by atoms with van der Waals surface area (Å²) in [6.07, 6.45) is 5.81. The van der Waals surface area contributed by atoms with Crippen molar-refractivity contribution in [1.82, 2.24) is 5.32 Å². The smallest absolute Gasteiger partial charge is 0.251 e. The van der Waals surface area contributed by atoms with E-state index in [9.17, 15) is 4.79 Å². The molecule has 0 saturated heterocycles. The number of oxime groups is 1. The van der Waals surface area contributed by atoms with Crippen molar-refractivity contribution in [2.24, 2.45) is 10.9 Å². The number of carbonyl (C=O) groups excluding carboxylic acids is 1. The average Bonchev–Trinajstić information content (AvgIpc) is 2.51. The maximum Gasteiger partial charge on any atom is 0.251 e. The lowest BCUT2D eigenvalue weighted by Gasteiger charge is -2.14. The fourth-order valence-electron chi connectivity index (χ4n) is 2.11. The molecule has 0 bridgehead atoms. The first-order valence-corrected chi connectivity index (χ1v) is 7.47. The molecule has 21 heavy (non-hydrogen) atoms. The van der Waals surface area contributed by atoms with Gasteiger partial charge < -0.3 is 16.3 Å². The minimum Gasteiger partial charge on any atom is -0.409 e. The van der Waals surface area contributed by atoms with Gasteiger partial charge in [-0.2, -0.15) is 0 Å². The predicted octanol–water partition coefficient (Wildman–Crippen LogP) is 2.87. The highest BCUT2D eigenvalue weighted by Crippen LogP contribution is 2.08. The Kier molecular flexibility index (Phi) is 7.29. The molecular weight excluding hydrogens is 266 g/mol. The lowest BCUT2D eigenvalue weighted by atomic mass is 10.1. The van der Waals surface area contributed by atoms with Crippen LogP contribution >= 0.6 is 0 Å². The molecule has 0 aromatic heterocycles. The van der Waals surface area contributed by atoms with Gasteiger partial charge in [-0.05, 0) is 25.5 Å². The molecule has 1 rings (SSSR count). The fourth-order valence-corrected chi connectivity index (χ4v) is 2.11. The highest BCUT2D eigenvalue weighted by Gasteiger charge is 2.10. The van der Waals surface area contributed by atoms with Crippen molar-refractivity contribution in [3.05, 3.63) is 35.4 Å². The van der Waals surface area contributed by atoms with Crippen LogP contribution in [0.5, 0.6) is 0 Å². The van der Waals surface area contributed by atoms with E-state index >= 15 is 0 Å². The molecule has 0 aliphatic carbocycles. The van der Waals surface area contributed by atoms with Crippen LogP contribution < -0.4 is 11.1 Å². The Morgan fingerprint density at radius 2 is 1.86 bits per heavy atom. The molecule has 1 atom stereocenters. The van der Waals surface area contributed by atoms with Gasteiger partial charge in [0.2, 0.25) is 0 Å². The van der Waals surface area contributed by atoms with Crippen LogP contribution in [0.25, 0.3) is 0 Å². The van der Waals surface area contributed by atoms with Gasteiger partial charge in [0.05, 0.1) is 0 Å². The molecule has 1 amide bonds. The Morgan fingerprint density at radius 3 is 2.43 bits per heavy atom. The Balaban J connectivity index is 2.48. The van der Waals surface area contributed by atoms with Crippen LogP contribution in [0.4, 0.5) is 0 Å². The zero-order valence-electron chi connectivity index (χ0n) is 12.8. The Bertz CT molecular complexity index is 469. The van der Waals surface area contributed by atoms with E-state index in [1.807, 2.05) is 6.92 Å². The number of nitrogens with one attached hydrogen (secondary N) is 1. The lowest BCUT2D eigenvalue weighted by molar-refractivity contribution is 0.0938. The highest BCUT2D eigenvalue weighted by molar-refractivity contribution is 5.99. The maximum atomic E-state index is 12.1. The molecule has 5 nitrogen and oxygen atoms in total. The molecule has 4 N–H and O–H groups in total. The topological polar surface area (TPSA) is 87.7 Å². The molecule has 116 valence electrons. The number of nitrogens with two attached hydrogens (primary N) is 1. The summed E-state index contributed by atoms with van der Waals surface area (Å²) < 4.78 is 0. The van der Waals surface area contributed by atoms with Crippen LogP contribution in [0.3, 0.4) is 0 Å². The van der Waals surface area contributed by atoms with Crippen LogP contribution in [-0.2, 0) is 0 Å². The van der Waals surface area contributed by atoms with E-state index < -0.39 is 0 Å². The van der Waals surface area contributed by atoms with Crippen LogP contribution in [-0.4, -0.2) is 23.0 Å². The van der Waals surface area contributed by atoms with Crippen molar-refractivity contribution in [2.75, 3.05) is 0 Å². The molecule has 5 heteroatoms. The maximum absolute atomic E-state index is 12.1. The van der Waals surface area contributed by atoms with Crippen LogP contribution in [0.15, 0.2) is 29.4 Å². The van der Waals surface area contributed by atoms with Crippen molar-refractivity contribution in [3.63, 3.8) is 0 Å². The minimum absolute atomic E-state index is 0.0336. The first kappa shape index (κ1) is 17.0. The number of benzene rings is 1. The van der Waals surface area contributed by atoms with Crippen LogP contribution in [0.2, 0.25) is 0 Å². The number of carbonyl (C=O) groups is 1. The van der Waals surface area contributed by atoms with E-state index in [4.69, 9.17) is 10.9 Å². The molecule has 0 saturated carbocycles. The van der Waals surface area contributed by atoms with Gasteiger partial charge in [0.1, 0.15) is 0 Å². The van der Waals surface area contributed by atoms with Gasteiger partial charge in [0.15, 0.2) is 5.84 Å². The summed E-state index contributed by atoms with van der Waals surface area (Å²) in [5.74, 6) is -0.0599. The zero-order valence-corrected chi connectivity index (χ0v) is 12.8. The molecule has 0 aliphatic rings. The van der Waals surface area contributed by atoms with Crippen molar-refractivity contribution in [1.29, 1.82) is 0 Å². The molecule has 0 heterocycles. The largest absolute Gasteiger partial charge is 0.409 e. The number of hydrogen-bond donors (Lipinski definition) is 3. The number of amidine groups is 1. The number of amides is 1. The van der Waals surface area contributed by atoms with E-state index in [0.29, 0.717) is 11.1 Å². The van der Waals surface area contributed by atoms with Gasteiger partial charge in [0.25, 0.3) is 5.91 Å². The van der Waals surface area contributed by atoms with E-state index in [0.717, 1.165) is 12.8 Å². The molecule has 1 aromatic carbocycles. The van der Waals surface area contributed by atoms with Crippen LogP contribution in [0, 0.1) is 0 Å². The summed E-state index contributed by atoms with van der Waals surface area (Å²) in [5, 5.41) is 14.5. The quantitative estimate of drug-likeness (QED) is 0.226. The third-order valence-electron chi connectivity index (χ3n) is 3.42. The third-order valence-corrected chi connectivity index (χ3v) is 3.42. The fraction of sp³-hybridized carbons (Fsp3) is 0.500. The van der Waals surface area contributed by atoms with Gasteiger partial charge in [-0.25, -0.2) is 0 Å². The predicted molar refractivity (Wildman–Crippen MR) is 84.6 cm³/mol. The first-order valence-electron chi connectivity index (χ1n) is 7.47. The number of rotatable bonds is 8. The molecule has 1 aromatic rings. The lowest BCUT2D eigenvalue weighted by Crippen LogP contribution is -2.32.